The Labute approximate surface area is 133 Å². The molecule has 0 fully saturated rings. The molecule has 1 aromatic carbocycles. The number of amides is 2. The number of carbonyl (C=O) groups excluding carboxylic acids is 2. The molecule has 0 saturated heterocycles. The Bertz CT molecular complexity index is 797. The van der Waals surface area contributed by atoms with Gasteiger partial charge in [0.25, 0.3) is 11.5 Å². The van der Waals surface area contributed by atoms with E-state index in [9.17, 15) is 14.4 Å². The van der Waals surface area contributed by atoms with E-state index in [1.54, 1.807) is 24.3 Å². The van der Waals surface area contributed by atoms with Crippen LogP contribution in [0.2, 0.25) is 0 Å². The molecule has 8 heteroatoms. The van der Waals surface area contributed by atoms with E-state index in [1.807, 2.05) is 14.1 Å². The van der Waals surface area contributed by atoms with Crippen molar-refractivity contribution >= 4 is 22.6 Å². The van der Waals surface area contributed by atoms with Crippen LogP contribution in [0.3, 0.4) is 0 Å². The van der Waals surface area contributed by atoms with Crippen LogP contribution < -0.4 is 21.3 Å². The molecule has 1 heterocycles. The third-order valence-electron chi connectivity index (χ3n) is 3.34. The van der Waals surface area contributed by atoms with Crippen LogP contribution >= 0.6 is 0 Å². The summed E-state index contributed by atoms with van der Waals surface area (Å²) in [4.78, 5) is 37.1. The van der Waals surface area contributed by atoms with Gasteiger partial charge in [-0.1, -0.05) is 18.2 Å². The molecule has 2 amide bonds. The number of quaternary nitrogens is 1. The number of nitrogens with zero attached hydrogens (tertiary/aromatic N) is 2. The van der Waals surface area contributed by atoms with Gasteiger partial charge in [0.2, 0.25) is 5.91 Å². The van der Waals surface area contributed by atoms with E-state index in [0.717, 1.165) is 9.58 Å². The molecular formula is C15H20N5O3+. The first kappa shape index (κ1) is 16.6. The molecule has 0 aliphatic rings. The summed E-state index contributed by atoms with van der Waals surface area (Å²) < 4.78 is 1.11. The Morgan fingerprint density at radius 1 is 1.17 bits per heavy atom. The molecule has 122 valence electrons. The Morgan fingerprint density at radius 3 is 2.48 bits per heavy atom. The Balaban J connectivity index is 2.17. The highest BCUT2D eigenvalue weighted by molar-refractivity contribution is 6.05. The molecule has 0 unspecified atom stereocenters. The molecule has 0 aliphatic heterocycles. The smallest absolute Gasteiger partial charge is 0.290 e. The van der Waals surface area contributed by atoms with Crippen LogP contribution in [0.25, 0.3) is 10.8 Å². The molecule has 8 nitrogen and oxygen atoms in total. The summed E-state index contributed by atoms with van der Waals surface area (Å²) in [5.41, 5.74) is 4.49. The van der Waals surface area contributed by atoms with Gasteiger partial charge in [0.05, 0.1) is 32.4 Å². The zero-order chi connectivity index (χ0) is 17.0. The van der Waals surface area contributed by atoms with Crippen molar-refractivity contribution in [1.29, 1.82) is 0 Å². The van der Waals surface area contributed by atoms with Gasteiger partial charge in [-0.25, -0.2) is 4.68 Å². The summed E-state index contributed by atoms with van der Waals surface area (Å²) in [6.07, 6.45) is 0.296. The zero-order valence-corrected chi connectivity index (χ0v) is 13.3. The molecule has 0 radical (unpaired) electrons. The fourth-order valence-electron chi connectivity index (χ4n) is 2.08. The average Bonchev–Trinajstić information content (AvgIpc) is 2.54. The standard InChI is InChI=1S/C15H19N5O3/c1-19(2)9-8-12(21)16-17-14(22)13-10-6-4-5-7-11(10)15(23)20(3)18-13/h4-7H,8-9H2,1-3H3,(H,16,21)(H,17,22)/p+1. The maximum Gasteiger partial charge on any atom is 0.290 e. The minimum absolute atomic E-state index is 0.0845. The highest BCUT2D eigenvalue weighted by Crippen LogP contribution is 2.12. The molecule has 0 aliphatic carbocycles. The molecule has 0 saturated carbocycles. The maximum atomic E-state index is 12.3. The summed E-state index contributed by atoms with van der Waals surface area (Å²) >= 11 is 0. The van der Waals surface area contributed by atoms with Gasteiger partial charge in [0.15, 0.2) is 5.69 Å². The second-order valence-corrected chi connectivity index (χ2v) is 5.53. The van der Waals surface area contributed by atoms with E-state index >= 15 is 0 Å². The summed E-state index contributed by atoms with van der Waals surface area (Å²) in [5, 5.41) is 4.83. The third-order valence-corrected chi connectivity index (χ3v) is 3.34. The van der Waals surface area contributed by atoms with E-state index in [0.29, 0.717) is 23.7 Å². The highest BCUT2D eigenvalue weighted by Gasteiger charge is 2.16. The van der Waals surface area contributed by atoms with E-state index in [1.165, 1.54) is 7.05 Å². The lowest BCUT2D eigenvalue weighted by Crippen LogP contribution is -3.05. The fraction of sp³-hybridized carbons (Fsp3) is 0.333. The normalized spacial score (nSPS) is 10.8. The second kappa shape index (κ2) is 7.01. The first-order valence-corrected chi connectivity index (χ1v) is 7.24. The van der Waals surface area contributed by atoms with Gasteiger partial charge in [-0.2, -0.15) is 5.10 Å². The number of rotatable bonds is 4. The highest BCUT2D eigenvalue weighted by atomic mass is 16.2. The SMILES string of the molecule is Cn1nc(C(=O)NNC(=O)CC[NH+](C)C)c2ccccc2c1=O. The molecule has 1 aromatic heterocycles. The van der Waals surface area contributed by atoms with Crippen LogP contribution in [0, 0.1) is 0 Å². The maximum absolute atomic E-state index is 12.3. The lowest BCUT2D eigenvalue weighted by molar-refractivity contribution is -0.857. The van der Waals surface area contributed by atoms with E-state index in [4.69, 9.17) is 0 Å². The van der Waals surface area contributed by atoms with Gasteiger partial charge in [0, 0.05) is 12.4 Å². The predicted octanol–water partition coefficient (Wildman–Crippen LogP) is -1.77. The van der Waals surface area contributed by atoms with Crippen molar-refractivity contribution in [3.05, 3.63) is 40.3 Å². The summed E-state index contributed by atoms with van der Waals surface area (Å²) in [6.45, 7) is 0.655. The van der Waals surface area contributed by atoms with Crippen molar-refractivity contribution in [3.63, 3.8) is 0 Å². The largest absolute Gasteiger partial charge is 0.339 e. The van der Waals surface area contributed by atoms with Crippen LogP contribution in [0.4, 0.5) is 0 Å². The number of aromatic nitrogens is 2. The van der Waals surface area contributed by atoms with Crippen molar-refractivity contribution in [3.8, 4) is 0 Å². The molecule has 0 spiro atoms. The molecule has 0 atom stereocenters. The van der Waals surface area contributed by atoms with Crippen LogP contribution in [0.15, 0.2) is 29.1 Å². The van der Waals surface area contributed by atoms with Crippen molar-refractivity contribution in [2.75, 3.05) is 20.6 Å². The number of hydrogen-bond acceptors (Lipinski definition) is 4. The van der Waals surface area contributed by atoms with Crippen LogP contribution in [-0.2, 0) is 11.8 Å². The van der Waals surface area contributed by atoms with Crippen molar-refractivity contribution in [1.82, 2.24) is 20.6 Å². The van der Waals surface area contributed by atoms with Crippen LogP contribution in [0.1, 0.15) is 16.9 Å². The fourth-order valence-corrected chi connectivity index (χ4v) is 2.08. The Hall–Kier alpha value is -2.74. The summed E-state index contributed by atoms with van der Waals surface area (Å²) in [7, 11) is 5.35. The van der Waals surface area contributed by atoms with Gasteiger partial charge >= 0.3 is 0 Å². The van der Waals surface area contributed by atoms with Gasteiger partial charge in [-0.3, -0.25) is 25.2 Å². The number of nitrogens with one attached hydrogen (secondary N) is 3. The molecular weight excluding hydrogens is 298 g/mol. The predicted molar refractivity (Wildman–Crippen MR) is 84.9 cm³/mol. The number of hydrazine groups is 1. The van der Waals surface area contributed by atoms with Gasteiger partial charge < -0.3 is 4.90 Å². The topological polar surface area (TPSA) is 97.5 Å². The van der Waals surface area contributed by atoms with Crippen LogP contribution in [0.5, 0.6) is 0 Å². The summed E-state index contributed by atoms with van der Waals surface area (Å²) in [6, 6.07) is 6.72. The number of benzene rings is 1. The van der Waals surface area contributed by atoms with Gasteiger partial charge in [0.1, 0.15) is 0 Å². The first-order chi connectivity index (χ1) is 10.9. The number of carbonyl (C=O) groups is 2. The number of aryl methyl sites for hydroxylation is 1. The molecule has 2 aromatic rings. The Morgan fingerprint density at radius 2 is 1.83 bits per heavy atom. The van der Waals surface area contributed by atoms with E-state index < -0.39 is 5.91 Å². The number of hydrogen-bond donors (Lipinski definition) is 3. The lowest BCUT2D eigenvalue weighted by atomic mass is 10.1. The van der Waals surface area contributed by atoms with E-state index in [2.05, 4.69) is 16.0 Å². The van der Waals surface area contributed by atoms with Crippen LogP contribution in [-0.4, -0.2) is 42.2 Å². The monoisotopic (exact) mass is 318 g/mol. The van der Waals surface area contributed by atoms with Gasteiger partial charge in [-0.15, -0.1) is 0 Å². The second-order valence-electron chi connectivity index (χ2n) is 5.53. The lowest BCUT2D eigenvalue weighted by Gasteiger charge is -2.10. The first-order valence-electron chi connectivity index (χ1n) is 7.24. The third kappa shape index (κ3) is 3.92. The molecule has 2 rings (SSSR count). The molecule has 3 N–H and O–H groups in total. The number of fused-ring (bicyclic) bond motifs is 1. The van der Waals surface area contributed by atoms with Gasteiger partial charge in [-0.05, 0) is 6.07 Å². The minimum Gasteiger partial charge on any atom is -0.339 e. The Kier molecular flexibility index (Phi) is 5.07. The molecule has 0 bridgehead atoms. The van der Waals surface area contributed by atoms with Crippen molar-refractivity contribution < 1.29 is 14.5 Å². The summed E-state index contributed by atoms with van der Waals surface area (Å²) in [5.74, 6) is -0.851. The quantitative estimate of drug-likeness (QED) is 0.581. The van der Waals surface area contributed by atoms with Crippen molar-refractivity contribution in [2.24, 2.45) is 7.05 Å². The van der Waals surface area contributed by atoms with E-state index in [-0.39, 0.29) is 17.2 Å². The zero-order valence-electron chi connectivity index (χ0n) is 13.3. The molecule has 23 heavy (non-hydrogen) atoms. The average molecular weight is 318 g/mol. The minimum atomic E-state index is -0.567. The van der Waals surface area contributed by atoms with Crippen molar-refractivity contribution in [2.45, 2.75) is 6.42 Å².